The van der Waals surface area contributed by atoms with Gasteiger partial charge in [-0.3, -0.25) is 9.59 Å². The Morgan fingerprint density at radius 1 is 0.879 bits per heavy atom. The standard InChI is InChI=1S/C28H30N2O3/c1-20-16-18-30(19-17-20)28(32)24-8-12-25(13-9-24)29-27(31)21(2)33-26-14-10-23(11-15-26)22-6-4-3-5-7-22/h3-15,20-21H,16-19H2,1-2H3,(H,29,31). The first-order valence-corrected chi connectivity index (χ1v) is 11.5. The van der Waals surface area contributed by atoms with E-state index in [0.717, 1.165) is 37.1 Å². The number of amides is 2. The molecule has 1 aliphatic rings. The summed E-state index contributed by atoms with van der Waals surface area (Å²) in [6.45, 7) is 5.55. The summed E-state index contributed by atoms with van der Waals surface area (Å²) in [7, 11) is 0. The molecule has 5 heteroatoms. The molecular weight excluding hydrogens is 412 g/mol. The first-order valence-electron chi connectivity index (χ1n) is 11.5. The summed E-state index contributed by atoms with van der Waals surface area (Å²) in [6.07, 6.45) is 1.43. The van der Waals surface area contributed by atoms with Crippen LogP contribution in [0.15, 0.2) is 78.9 Å². The summed E-state index contributed by atoms with van der Waals surface area (Å²) in [5, 5.41) is 2.86. The van der Waals surface area contributed by atoms with Crippen LogP contribution in [-0.4, -0.2) is 35.9 Å². The Hall–Kier alpha value is -3.60. The van der Waals surface area contributed by atoms with Crippen LogP contribution in [-0.2, 0) is 4.79 Å². The summed E-state index contributed by atoms with van der Waals surface area (Å²) < 4.78 is 5.82. The van der Waals surface area contributed by atoms with Crippen molar-refractivity contribution in [2.24, 2.45) is 5.92 Å². The molecule has 1 saturated heterocycles. The lowest BCUT2D eigenvalue weighted by atomic mass is 9.98. The predicted octanol–water partition coefficient (Wildman–Crippen LogP) is 5.63. The second kappa shape index (κ2) is 10.3. The van der Waals surface area contributed by atoms with Gasteiger partial charge >= 0.3 is 0 Å². The SMILES string of the molecule is CC1CCN(C(=O)c2ccc(NC(=O)C(C)Oc3ccc(-c4ccccc4)cc3)cc2)CC1. The van der Waals surface area contributed by atoms with Crippen molar-refractivity contribution in [1.29, 1.82) is 0 Å². The molecule has 0 aliphatic carbocycles. The molecule has 0 aromatic heterocycles. The predicted molar refractivity (Wildman–Crippen MR) is 131 cm³/mol. The molecule has 0 saturated carbocycles. The number of ether oxygens (including phenoxy) is 1. The van der Waals surface area contributed by atoms with Gasteiger partial charge in [-0.2, -0.15) is 0 Å². The third kappa shape index (κ3) is 5.80. The van der Waals surface area contributed by atoms with Gasteiger partial charge in [0.1, 0.15) is 5.75 Å². The van der Waals surface area contributed by atoms with E-state index in [4.69, 9.17) is 4.74 Å². The highest BCUT2D eigenvalue weighted by Crippen LogP contribution is 2.23. The van der Waals surface area contributed by atoms with Crippen molar-refractivity contribution in [2.45, 2.75) is 32.8 Å². The van der Waals surface area contributed by atoms with Crippen LogP contribution in [0.25, 0.3) is 11.1 Å². The van der Waals surface area contributed by atoms with Gasteiger partial charge in [-0.1, -0.05) is 49.4 Å². The topological polar surface area (TPSA) is 58.6 Å². The number of piperidine rings is 1. The number of hydrogen-bond donors (Lipinski definition) is 1. The largest absolute Gasteiger partial charge is 0.481 e. The van der Waals surface area contributed by atoms with Gasteiger partial charge in [-0.25, -0.2) is 0 Å². The molecular formula is C28H30N2O3. The minimum Gasteiger partial charge on any atom is -0.481 e. The quantitative estimate of drug-likeness (QED) is 0.538. The monoisotopic (exact) mass is 442 g/mol. The van der Waals surface area contributed by atoms with Crippen LogP contribution in [0.2, 0.25) is 0 Å². The molecule has 1 unspecified atom stereocenters. The van der Waals surface area contributed by atoms with Crippen LogP contribution >= 0.6 is 0 Å². The van der Waals surface area contributed by atoms with Crippen molar-refractivity contribution in [2.75, 3.05) is 18.4 Å². The van der Waals surface area contributed by atoms with Gasteiger partial charge in [-0.05, 0) is 73.2 Å². The zero-order chi connectivity index (χ0) is 23.2. The van der Waals surface area contributed by atoms with Gasteiger partial charge in [0.15, 0.2) is 6.10 Å². The normalized spacial score (nSPS) is 15.0. The fraction of sp³-hybridized carbons (Fsp3) is 0.286. The van der Waals surface area contributed by atoms with Gasteiger partial charge in [0.2, 0.25) is 0 Å². The fourth-order valence-electron chi connectivity index (χ4n) is 3.95. The molecule has 33 heavy (non-hydrogen) atoms. The van der Waals surface area contributed by atoms with Crippen LogP contribution in [0.1, 0.15) is 37.0 Å². The molecule has 0 spiro atoms. The Balaban J connectivity index is 1.31. The lowest BCUT2D eigenvalue weighted by Gasteiger charge is -2.30. The zero-order valence-electron chi connectivity index (χ0n) is 19.2. The third-order valence-electron chi connectivity index (χ3n) is 6.11. The maximum atomic E-state index is 12.7. The Bertz CT molecular complexity index is 1070. The molecule has 4 rings (SSSR count). The first-order chi connectivity index (χ1) is 16.0. The summed E-state index contributed by atoms with van der Waals surface area (Å²) in [4.78, 5) is 27.2. The van der Waals surface area contributed by atoms with Crippen molar-refractivity contribution in [1.82, 2.24) is 4.90 Å². The minimum atomic E-state index is -0.663. The number of nitrogens with zero attached hydrogens (tertiary/aromatic N) is 1. The smallest absolute Gasteiger partial charge is 0.265 e. The lowest BCUT2D eigenvalue weighted by Crippen LogP contribution is -2.37. The number of benzene rings is 3. The average molecular weight is 443 g/mol. The summed E-state index contributed by atoms with van der Waals surface area (Å²) in [5.74, 6) is 1.12. The molecule has 170 valence electrons. The molecule has 1 N–H and O–H groups in total. The van der Waals surface area contributed by atoms with Gasteiger partial charge in [0.05, 0.1) is 0 Å². The van der Waals surface area contributed by atoms with E-state index < -0.39 is 6.10 Å². The van der Waals surface area contributed by atoms with E-state index in [-0.39, 0.29) is 11.8 Å². The zero-order valence-corrected chi connectivity index (χ0v) is 19.2. The highest BCUT2D eigenvalue weighted by atomic mass is 16.5. The van der Waals surface area contributed by atoms with E-state index in [1.165, 1.54) is 0 Å². The van der Waals surface area contributed by atoms with Gasteiger partial charge in [-0.15, -0.1) is 0 Å². The molecule has 1 fully saturated rings. The molecule has 0 radical (unpaired) electrons. The molecule has 3 aromatic rings. The molecule has 1 aliphatic heterocycles. The van der Waals surface area contributed by atoms with Crippen LogP contribution in [0.3, 0.4) is 0 Å². The molecule has 1 heterocycles. The summed E-state index contributed by atoms with van der Waals surface area (Å²) >= 11 is 0. The van der Waals surface area contributed by atoms with Crippen molar-refractivity contribution < 1.29 is 14.3 Å². The van der Waals surface area contributed by atoms with E-state index in [2.05, 4.69) is 24.4 Å². The van der Waals surface area contributed by atoms with Crippen LogP contribution in [0.5, 0.6) is 5.75 Å². The second-order valence-electron chi connectivity index (χ2n) is 8.69. The van der Waals surface area contributed by atoms with E-state index >= 15 is 0 Å². The number of nitrogens with one attached hydrogen (secondary N) is 1. The van der Waals surface area contributed by atoms with Gasteiger partial charge in [0.25, 0.3) is 11.8 Å². The highest BCUT2D eigenvalue weighted by molar-refractivity contribution is 5.97. The van der Waals surface area contributed by atoms with Crippen LogP contribution in [0.4, 0.5) is 5.69 Å². The highest BCUT2D eigenvalue weighted by Gasteiger charge is 2.21. The Morgan fingerprint density at radius 2 is 1.48 bits per heavy atom. The number of likely N-dealkylation sites (tertiary alicyclic amines) is 1. The molecule has 2 amide bonds. The Morgan fingerprint density at radius 3 is 2.12 bits per heavy atom. The van der Waals surface area contributed by atoms with Gasteiger partial charge < -0.3 is 15.0 Å². The van der Waals surface area contributed by atoms with Crippen molar-refractivity contribution in [3.63, 3.8) is 0 Å². The maximum Gasteiger partial charge on any atom is 0.265 e. The number of carbonyl (C=O) groups excluding carboxylic acids is 2. The van der Waals surface area contributed by atoms with Crippen molar-refractivity contribution in [3.8, 4) is 16.9 Å². The van der Waals surface area contributed by atoms with Crippen LogP contribution < -0.4 is 10.1 Å². The molecule has 3 aromatic carbocycles. The molecule has 5 nitrogen and oxygen atoms in total. The first kappa shape index (κ1) is 22.6. The summed E-state index contributed by atoms with van der Waals surface area (Å²) in [5.41, 5.74) is 3.50. The Labute approximate surface area is 195 Å². The van der Waals surface area contributed by atoms with Crippen molar-refractivity contribution in [3.05, 3.63) is 84.4 Å². The van der Waals surface area contributed by atoms with Crippen molar-refractivity contribution >= 4 is 17.5 Å². The van der Waals surface area contributed by atoms with Gasteiger partial charge in [0, 0.05) is 24.3 Å². The fourth-order valence-corrected chi connectivity index (χ4v) is 3.95. The number of rotatable bonds is 6. The number of anilines is 1. The molecule has 0 bridgehead atoms. The van der Waals surface area contributed by atoms with E-state index in [1.807, 2.05) is 47.4 Å². The summed E-state index contributed by atoms with van der Waals surface area (Å²) in [6, 6.07) is 24.9. The van der Waals surface area contributed by atoms with Crippen LogP contribution in [0, 0.1) is 5.92 Å². The third-order valence-corrected chi connectivity index (χ3v) is 6.11. The molecule has 1 atom stereocenters. The van der Waals surface area contributed by atoms with E-state index in [9.17, 15) is 9.59 Å². The second-order valence-corrected chi connectivity index (χ2v) is 8.69. The lowest BCUT2D eigenvalue weighted by molar-refractivity contribution is -0.122. The van der Waals surface area contributed by atoms with E-state index in [1.54, 1.807) is 31.2 Å². The number of carbonyl (C=O) groups is 2. The Kier molecular flexibility index (Phi) is 7.08. The number of hydrogen-bond acceptors (Lipinski definition) is 3. The van der Waals surface area contributed by atoms with E-state index in [0.29, 0.717) is 22.9 Å². The minimum absolute atomic E-state index is 0.0513. The average Bonchev–Trinajstić information content (AvgIpc) is 2.85. The maximum absolute atomic E-state index is 12.7.